The first kappa shape index (κ1) is 18.3. The Labute approximate surface area is 176 Å². The highest BCUT2D eigenvalue weighted by Crippen LogP contribution is 2.20. The van der Waals surface area contributed by atoms with Gasteiger partial charge < -0.3 is 4.84 Å². The van der Waals surface area contributed by atoms with Crippen LogP contribution in [0.5, 0.6) is 0 Å². The van der Waals surface area contributed by atoms with E-state index in [9.17, 15) is 0 Å². The lowest BCUT2D eigenvalue weighted by Crippen LogP contribution is -1.99. The van der Waals surface area contributed by atoms with E-state index in [0.717, 1.165) is 16.6 Å². The second kappa shape index (κ2) is 7.57. The molecule has 3 aromatic heterocycles. The second-order valence-electron chi connectivity index (χ2n) is 6.70. The molecule has 5 rings (SSSR count). The minimum atomic E-state index is 0.121. The number of aryl methyl sites for hydroxylation is 1. The molecule has 0 bridgehead atoms. The van der Waals surface area contributed by atoms with Gasteiger partial charge in [-0.3, -0.25) is 0 Å². The highest BCUT2D eigenvalue weighted by molar-refractivity contribution is 6.33. The fraction of sp³-hybridized carbons (Fsp3) is 0.0952. The van der Waals surface area contributed by atoms with Gasteiger partial charge >= 0.3 is 0 Å². The van der Waals surface area contributed by atoms with Crippen LogP contribution in [0.3, 0.4) is 0 Å². The van der Waals surface area contributed by atoms with Crippen LogP contribution in [0.2, 0.25) is 5.02 Å². The smallest absolute Gasteiger partial charge is 0.192 e. The summed E-state index contributed by atoms with van der Waals surface area (Å²) in [6.07, 6.45) is 4.92. The molecule has 0 saturated heterocycles. The quantitative estimate of drug-likeness (QED) is 0.319. The summed E-state index contributed by atoms with van der Waals surface area (Å²) < 4.78 is 3.40. The summed E-state index contributed by atoms with van der Waals surface area (Å²) in [5, 5.41) is 14.2. The molecular formula is C21H16ClN7O. The lowest BCUT2D eigenvalue weighted by atomic mass is 10.2. The van der Waals surface area contributed by atoms with E-state index in [0.29, 0.717) is 22.1 Å². The van der Waals surface area contributed by atoms with Crippen molar-refractivity contribution in [2.45, 2.75) is 13.5 Å². The first-order chi connectivity index (χ1) is 14.7. The molecule has 0 aliphatic rings. The minimum Gasteiger partial charge on any atom is -0.387 e. The van der Waals surface area contributed by atoms with Gasteiger partial charge in [-0.05, 0) is 25.1 Å². The van der Waals surface area contributed by atoms with Crippen molar-refractivity contribution in [3.8, 4) is 5.69 Å². The molecule has 0 saturated carbocycles. The highest BCUT2D eigenvalue weighted by Gasteiger charge is 2.13. The average Bonchev–Trinajstić information content (AvgIpc) is 3.36. The van der Waals surface area contributed by atoms with E-state index in [1.165, 1.54) is 5.56 Å². The molecule has 9 heteroatoms. The van der Waals surface area contributed by atoms with Crippen LogP contribution in [-0.4, -0.2) is 35.6 Å². The molecule has 0 amide bonds. The SMILES string of the molecule is Cc1ccc(-n2ncc3c2ncn2nc(CON=Cc4ccccc4Cl)nc32)cc1. The predicted molar refractivity (Wildman–Crippen MR) is 114 cm³/mol. The van der Waals surface area contributed by atoms with Crippen molar-refractivity contribution in [3.05, 3.63) is 83.0 Å². The number of fused-ring (bicyclic) bond motifs is 3. The summed E-state index contributed by atoms with van der Waals surface area (Å²) in [5.41, 5.74) is 4.26. The average molecular weight is 418 g/mol. The Morgan fingerprint density at radius 2 is 1.93 bits per heavy atom. The van der Waals surface area contributed by atoms with E-state index in [1.807, 2.05) is 49.4 Å². The molecular weight excluding hydrogens is 402 g/mol. The zero-order valence-electron chi connectivity index (χ0n) is 16.0. The van der Waals surface area contributed by atoms with Crippen molar-refractivity contribution >= 4 is 34.5 Å². The number of benzene rings is 2. The number of hydrogen-bond donors (Lipinski definition) is 0. The zero-order chi connectivity index (χ0) is 20.5. The van der Waals surface area contributed by atoms with Gasteiger partial charge in [0, 0.05) is 10.6 Å². The van der Waals surface area contributed by atoms with E-state index in [-0.39, 0.29) is 6.61 Å². The van der Waals surface area contributed by atoms with Crippen LogP contribution in [-0.2, 0) is 11.4 Å². The van der Waals surface area contributed by atoms with Gasteiger partial charge in [0.15, 0.2) is 23.7 Å². The molecule has 30 heavy (non-hydrogen) atoms. The van der Waals surface area contributed by atoms with Gasteiger partial charge in [-0.15, -0.1) is 5.10 Å². The molecule has 5 aromatic rings. The van der Waals surface area contributed by atoms with Gasteiger partial charge in [-0.2, -0.15) is 5.10 Å². The number of oxime groups is 1. The summed E-state index contributed by atoms with van der Waals surface area (Å²) in [7, 11) is 0. The Kier molecular flexibility index (Phi) is 4.61. The minimum absolute atomic E-state index is 0.121. The lowest BCUT2D eigenvalue weighted by molar-refractivity contribution is 0.126. The van der Waals surface area contributed by atoms with E-state index < -0.39 is 0 Å². The van der Waals surface area contributed by atoms with Gasteiger partial charge in [0.25, 0.3) is 0 Å². The van der Waals surface area contributed by atoms with Crippen molar-refractivity contribution in [2.75, 3.05) is 0 Å². The summed E-state index contributed by atoms with van der Waals surface area (Å²) in [6.45, 7) is 2.17. The molecule has 0 spiro atoms. The van der Waals surface area contributed by atoms with E-state index in [2.05, 4.69) is 25.3 Å². The molecule has 2 aromatic carbocycles. The lowest BCUT2D eigenvalue weighted by Gasteiger charge is -2.03. The Hall–Kier alpha value is -3.78. The zero-order valence-corrected chi connectivity index (χ0v) is 16.7. The largest absolute Gasteiger partial charge is 0.387 e. The molecule has 0 fully saturated rings. The number of nitrogens with zero attached hydrogens (tertiary/aromatic N) is 7. The molecule has 148 valence electrons. The standard InChI is InChI=1S/C21H16ClN7O/c1-14-6-8-16(9-7-14)29-20-17(11-24-29)21-26-19(27-28(21)13-23-20)12-30-25-10-15-4-2-3-5-18(15)22/h2-11,13H,12H2,1H3. The van der Waals surface area contributed by atoms with Crippen LogP contribution in [0, 0.1) is 6.92 Å². The van der Waals surface area contributed by atoms with Crippen LogP contribution in [0.4, 0.5) is 0 Å². The van der Waals surface area contributed by atoms with Crippen molar-refractivity contribution in [2.24, 2.45) is 5.16 Å². The number of halogens is 1. The number of rotatable bonds is 5. The van der Waals surface area contributed by atoms with Gasteiger partial charge in [0.05, 0.1) is 23.5 Å². The summed E-state index contributed by atoms with van der Waals surface area (Å²) >= 11 is 6.09. The van der Waals surface area contributed by atoms with Crippen molar-refractivity contribution in [3.63, 3.8) is 0 Å². The summed E-state index contributed by atoms with van der Waals surface area (Å²) in [6, 6.07) is 15.5. The molecule has 0 aliphatic carbocycles. The van der Waals surface area contributed by atoms with Crippen molar-refractivity contribution < 1.29 is 4.84 Å². The monoisotopic (exact) mass is 417 g/mol. The third-order valence-electron chi connectivity index (χ3n) is 4.59. The first-order valence-corrected chi connectivity index (χ1v) is 9.62. The van der Waals surface area contributed by atoms with Crippen molar-refractivity contribution in [1.29, 1.82) is 0 Å². The maximum Gasteiger partial charge on any atom is 0.192 e. The second-order valence-corrected chi connectivity index (χ2v) is 7.11. The molecule has 0 atom stereocenters. The van der Waals surface area contributed by atoms with Gasteiger partial charge in [-0.25, -0.2) is 19.2 Å². The predicted octanol–water partition coefficient (Wildman–Crippen LogP) is 3.98. The van der Waals surface area contributed by atoms with Gasteiger partial charge in [0.1, 0.15) is 6.33 Å². The number of aromatic nitrogens is 6. The Morgan fingerprint density at radius 1 is 1.10 bits per heavy atom. The van der Waals surface area contributed by atoms with Gasteiger partial charge in [0.2, 0.25) is 0 Å². The maximum absolute atomic E-state index is 6.09. The summed E-state index contributed by atoms with van der Waals surface area (Å²) in [5.74, 6) is 0.490. The fourth-order valence-corrected chi connectivity index (χ4v) is 3.25. The van der Waals surface area contributed by atoms with Crippen molar-refractivity contribution in [1.82, 2.24) is 29.4 Å². The fourth-order valence-electron chi connectivity index (χ4n) is 3.07. The normalized spacial score (nSPS) is 11.7. The van der Waals surface area contributed by atoms with Gasteiger partial charge in [-0.1, -0.05) is 52.7 Å². The Morgan fingerprint density at radius 3 is 2.77 bits per heavy atom. The van der Waals surface area contributed by atoms with Crippen LogP contribution >= 0.6 is 11.6 Å². The van der Waals surface area contributed by atoms with E-state index >= 15 is 0 Å². The third-order valence-corrected chi connectivity index (χ3v) is 4.94. The third kappa shape index (κ3) is 3.37. The van der Waals surface area contributed by atoms with E-state index in [1.54, 1.807) is 34.0 Å². The Bertz CT molecular complexity index is 1370. The molecule has 8 nitrogen and oxygen atoms in total. The van der Waals surface area contributed by atoms with Crippen LogP contribution in [0.1, 0.15) is 17.0 Å². The van der Waals surface area contributed by atoms with E-state index in [4.69, 9.17) is 16.4 Å². The molecule has 0 N–H and O–H groups in total. The molecule has 0 aliphatic heterocycles. The highest BCUT2D eigenvalue weighted by atomic mass is 35.5. The number of hydrogen-bond acceptors (Lipinski definition) is 6. The topological polar surface area (TPSA) is 82.5 Å². The van der Waals surface area contributed by atoms with Crippen LogP contribution < -0.4 is 0 Å². The maximum atomic E-state index is 6.09. The molecule has 0 radical (unpaired) electrons. The first-order valence-electron chi connectivity index (χ1n) is 9.24. The summed E-state index contributed by atoms with van der Waals surface area (Å²) in [4.78, 5) is 14.4. The Balaban J connectivity index is 1.40. The van der Waals surface area contributed by atoms with Crippen LogP contribution in [0.25, 0.3) is 22.4 Å². The van der Waals surface area contributed by atoms with Crippen LogP contribution in [0.15, 0.2) is 66.2 Å². The molecule has 0 unspecified atom stereocenters. The molecule has 3 heterocycles.